The molecular formula is C14H20N4O. The van der Waals surface area contributed by atoms with E-state index < -0.39 is 0 Å². The van der Waals surface area contributed by atoms with Gasteiger partial charge in [0.2, 0.25) is 0 Å². The molecule has 3 N–H and O–H groups in total. The molecular weight excluding hydrogens is 240 g/mol. The summed E-state index contributed by atoms with van der Waals surface area (Å²) in [5.41, 5.74) is 8.62. The van der Waals surface area contributed by atoms with E-state index in [2.05, 4.69) is 10.4 Å². The molecule has 5 heteroatoms. The molecule has 0 aliphatic rings. The number of nitrogen functional groups attached to an aromatic ring is 1. The summed E-state index contributed by atoms with van der Waals surface area (Å²) in [5, 5.41) is 7.45. The molecule has 1 heterocycles. The first-order chi connectivity index (χ1) is 9.02. The van der Waals surface area contributed by atoms with E-state index in [1.54, 1.807) is 4.68 Å². The molecule has 1 aromatic heterocycles. The van der Waals surface area contributed by atoms with Crippen molar-refractivity contribution < 1.29 is 4.74 Å². The van der Waals surface area contributed by atoms with Crippen LogP contribution in [-0.2, 0) is 13.6 Å². The van der Waals surface area contributed by atoms with Gasteiger partial charge >= 0.3 is 0 Å². The Bertz CT molecular complexity index is 548. The molecule has 0 amide bonds. The second-order valence-corrected chi connectivity index (χ2v) is 4.83. The predicted molar refractivity (Wildman–Crippen MR) is 77.2 cm³/mol. The van der Waals surface area contributed by atoms with E-state index in [4.69, 9.17) is 10.5 Å². The average Bonchev–Trinajstić information content (AvgIpc) is 2.71. The van der Waals surface area contributed by atoms with Gasteiger partial charge in [0, 0.05) is 48.9 Å². The third-order valence-corrected chi connectivity index (χ3v) is 2.56. The second-order valence-electron chi connectivity index (χ2n) is 4.83. The van der Waals surface area contributed by atoms with Gasteiger partial charge in [-0.1, -0.05) is 0 Å². The van der Waals surface area contributed by atoms with Crippen molar-refractivity contribution in [1.29, 1.82) is 0 Å². The largest absolute Gasteiger partial charge is 0.491 e. The number of nitrogens with two attached hydrogens (primary N) is 1. The van der Waals surface area contributed by atoms with Gasteiger partial charge in [-0.3, -0.25) is 4.68 Å². The molecule has 2 aromatic rings. The predicted octanol–water partition coefficient (Wildman–Crippen LogP) is 2.40. The first kappa shape index (κ1) is 13.3. The highest BCUT2D eigenvalue weighted by molar-refractivity contribution is 5.59. The third kappa shape index (κ3) is 3.91. The molecule has 0 aliphatic heterocycles. The van der Waals surface area contributed by atoms with Crippen molar-refractivity contribution in [2.75, 3.05) is 11.1 Å². The van der Waals surface area contributed by atoms with Crippen molar-refractivity contribution in [3.8, 4) is 5.75 Å². The third-order valence-electron chi connectivity index (χ3n) is 2.56. The molecule has 0 saturated carbocycles. The van der Waals surface area contributed by atoms with Crippen LogP contribution in [0.5, 0.6) is 5.75 Å². The zero-order chi connectivity index (χ0) is 13.8. The number of benzene rings is 1. The number of aromatic nitrogens is 2. The van der Waals surface area contributed by atoms with Gasteiger partial charge in [-0.15, -0.1) is 0 Å². The fraction of sp³-hybridized carbons (Fsp3) is 0.357. The number of hydrogen-bond donors (Lipinski definition) is 2. The van der Waals surface area contributed by atoms with E-state index in [1.807, 2.05) is 51.5 Å². The highest BCUT2D eigenvalue weighted by Crippen LogP contribution is 2.23. The molecule has 19 heavy (non-hydrogen) atoms. The molecule has 5 nitrogen and oxygen atoms in total. The molecule has 0 spiro atoms. The number of rotatable bonds is 5. The summed E-state index contributed by atoms with van der Waals surface area (Å²) in [7, 11) is 1.90. The molecule has 1 aromatic carbocycles. The van der Waals surface area contributed by atoms with Crippen LogP contribution in [0.2, 0.25) is 0 Å². The summed E-state index contributed by atoms with van der Waals surface area (Å²) in [6.45, 7) is 4.69. The van der Waals surface area contributed by atoms with Gasteiger partial charge in [0.25, 0.3) is 0 Å². The molecule has 102 valence electrons. The molecule has 0 aliphatic carbocycles. The first-order valence-electron chi connectivity index (χ1n) is 6.31. The minimum Gasteiger partial charge on any atom is -0.491 e. The highest BCUT2D eigenvalue weighted by Gasteiger charge is 2.03. The van der Waals surface area contributed by atoms with Crippen LogP contribution >= 0.6 is 0 Å². The van der Waals surface area contributed by atoms with Crippen LogP contribution in [0.3, 0.4) is 0 Å². The Morgan fingerprint density at radius 3 is 2.79 bits per heavy atom. The molecule has 0 bridgehead atoms. The second kappa shape index (κ2) is 5.65. The van der Waals surface area contributed by atoms with Gasteiger partial charge in [0.05, 0.1) is 12.3 Å². The van der Waals surface area contributed by atoms with Crippen LogP contribution in [0.25, 0.3) is 0 Å². The van der Waals surface area contributed by atoms with E-state index in [9.17, 15) is 0 Å². The van der Waals surface area contributed by atoms with Crippen LogP contribution in [0, 0.1) is 0 Å². The summed E-state index contributed by atoms with van der Waals surface area (Å²) < 4.78 is 7.44. The van der Waals surface area contributed by atoms with Crippen molar-refractivity contribution in [2.45, 2.75) is 26.5 Å². The topological polar surface area (TPSA) is 65.1 Å². The lowest BCUT2D eigenvalue weighted by atomic mass is 10.2. The molecule has 0 radical (unpaired) electrons. The van der Waals surface area contributed by atoms with Gasteiger partial charge in [-0.2, -0.15) is 5.10 Å². The number of hydrogen-bond acceptors (Lipinski definition) is 4. The van der Waals surface area contributed by atoms with Crippen molar-refractivity contribution in [3.63, 3.8) is 0 Å². The van der Waals surface area contributed by atoms with Crippen molar-refractivity contribution in [1.82, 2.24) is 9.78 Å². The summed E-state index contributed by atoms with van der Waals surface area (Å²) in [6, 6.07) is 5.67. The number of aryl methyl sites for hydroxylation is 1. The van der Waals surface area contributed by atoms with Gasteiger partial charge in [0.1, 0.15) is 5.75 Å². The molecule has 2 rings (SSSR count). The maximum Gasteiger partial charge on any atom is 0.123 e. The lowest BCUT2D eigenvalue weighted by molar-refractivity contribution is 0.242. The molecule has 0 fully saturated rings. The average molecular weight is 260 g/mol. The Balaban J connectivity index is 2.05. The Kier molecular flexibility index (Phi) is 3.94. The standard InChI is InChI=1S/C14H20N4O/c1-10(2)19-14-5-12(15)4-13(6-14)16-7-11-8-17-18(3)9-11/h4-6,8-10,16H,7,15H2,1-3H3. The van der Waals surface area contributed by atoms with Crippen molar-refractivity contribution in [3.05, 3.63) is 36.2 Å². The van der Waals surface area contributed by atoms with E-state index in [1.165, 1.54) is 0 Å². The Labute approximate surface area is 113 Å². The zero-order valence-corrected chi connectivity index (χ0v) is 11.6. The quantitative estimate of drug-likeness (QED) is 0.810. The number of anilines is 2. The molecule has 0 unspecified atom stereocenters. The summed E-state index contributed by atoms with van der Waals surface area (Å²) in [5.74, 6) is 0.781. The van der Waals surface area contributed by atoms with E-state index in [0.29, 0.717) is 12.2 Å². The van der Waals surface area contributed by atoms with Crippen LogP contribution < -0.4 is 15.8 Å². The zero-order valence-electron chi connectivity index (χ0n) is 11.6. The summed E-state index contributed by atoms with van der Waals surface area (Å²) >= 11 is 0. The Morgan fingerprint density at radius 1 is 1.37 bits per heavy atom. The Hall–Kier alpha value is -2.17. The minimum absolute atomic E-state index is 0.132. The summed E-state index contributed by atoms with van der Waals surface area (Å²) in [6.07, 6.45) is 3.95. The maximum atomic E-state index is 5.87. The van der Waals surface area contributed by atoms with Crippen LogP contribution in [0.15, 0.2) is 30.6 Å². The Morgan fingerprint density at radius 2 is 2.16 bits per heavy atom. The van der Waals surface area contributed by atoms with Gasteiger partial charge in [-0.05, 0) is 19.9 Å². The van der Waals surface area contributed by atoms with E-state index >= 15 is 0 Å². The van der Waals surface area contributed by atoms with Crippen LogP contribution in [-0.4, -0.2) is 15.9 Å². The van der Waals surface area contributed by atoms with Gasteiger partial charge < -0.3 is 15.8 Å². The fourth-order valence-electron chi connectivity index (χ4n) is 1.83. The van der Waals surface area contributed by atoms with Gasteiger partial charge in [-0.25, -0.2) is 0 Å². The molecule has 0 saturated heterocycles. The smallest absolute Gasteiger partial charge is 0.123 e. The van der Waals surface area contributed by atoms with Crippen LogP contribution in [0.1, 0.15) is 19.4 Å². The summed E-state index contributed by atoms with van der Waals surface area (Å²) in [4.78, 5) is 0. The van der Waals surface area contributed by atoms with Crippen molar-refractivity contribution >= 4 is 11.4 Å². The van der Waals surface area contributed by atoms with Crippen LogP contribution in [0.4, 0.5) is 11.4 Å². The first-order valence-corrected chi connectivity index (χ1v) is 6.31. The lowest BCUT2D eigenvalue weighted by Gasteiger charge is -2.13. The maximum absolute atomic E-state index is 5.87. The fourth-order valence-corrected chi connectivity index (χ4v) is 1.83. The monoisotopic (exact) mass is 260 g/mol. The normalized spacial score (nSPS) is 10.7. The minimum atomic E-state index is 0.132. The van der Waals surface area contributed by atoms with E-state index in [-0.39, 0.29) is 6.10 Å². The van der Waals surface area contributed by atoms with Gasteiger partial charge in [0.15, 0.2) is 0 Å². The SMILES string of the molecule is CC(C)Oc1cc(N)cc(NCc2cnn(C)c2)c1. The molecule has 0 atom stereocenters. The number of ether oxygens (including phenoxy) is 1. The van der Waals surface area contributed by atoms with E-state index in [0.717, 1.165) is 17.0 Å². The highest BCUT2D eigenvalue weighted by atomic mass is 16.5. The lowest BCUT2D eigenvalue weighted by Crippen LogP contribution is -2.07. The number of nitrogens with zero attached hydrogens (tertiary/aromatic N) is 2. The van der Waals surface area contributed by atoms with Crippen molar-refractivity contribution in [2.24, 2.45) is 7.05 Å². The number of nitrogens with one attached hydrogen (secondary N) is 1.